The Morgan fingerprint density at radius 2 is 1.78 bits per heavy atom. The Hall–Kier alpha value is -2.04. The number of hydrogen-bond acceptors (Lipinski definition) is 8. The molecule has 1 aromatic rings. The average molecular weight is 697 g/mol. The number of carbonyl (C=O) groups is 1. The van der Waals surface area contributed by atoms with E-state index in [2.05, 4.69) is 117 Å². The smallest absolute Gasteiger partial charge is 0.307 e. The van der Waals surface area contributed by atoms with E-state index in [-0.39, 0.29) is 62.0 Å². The van der Waals surface area contributed by atoms with E-state index in [9.17, 15) is 9.90 Å². The van der Waals surface area contributed by atoms with E-state index in [1.807, 2.05) is 0 Å². The molecule has 5 aliphatic rings. The molecule has 1 aliphatic heterocycles. The van der Waals surface area contributed by atoms with E-state index >= 15 is 0 Å². The number of carboxylic acids is 1. The molecule has 10 nitrogen and oxygen atoms in total. The van der Waals surface area contributed by atoms with Gasteiger partial charge in [-0.15, -0.1) is 5.10 Å². The number of allylic oxidation sites excluding steroid dienone is 1. The maximum atomic E-state index is 13.5. The van der Waals surface area contributed by atoms with Crippen molar-refractivity contribution < 1.29 is 19.4 Å². The molecule has 12 atom stereocenters. The molecule has 1 aromatic heterocycles. The standard InChI is InChI=1S/C40H68N6O4/c1-24(2)25(3)35(7)18-19-37(9)26-14-15-29-36(8)21-49-23-40(29,27(26)16-17-38(37,10)30(35)32(47)48)20-28(46-43-33(41)42-44-46)31(36)50-22-39(11,45(12)13)34(4,5)6/h16,24-26,28-31H,14-15,17-23H2,1-13H3,(H2,41,43)(H,47,48)/t25-,26+,28-,29+,30-,31+,35-,36?,37-,38+,39-,40+/m1/s1. The lowest BCUT2D eigenvalue weighted by molar-refractivity contribution is -0.257. The lowest BCUT2D eigenvalue weighted by atomic mass is 9.34. The van der Waals surface area contributed by atoms with Gasteiger partial charge in [0.25, 0.3) is 5.95 Å². The minimum absolute atomic E-state index is 0.0335. The van der Waals surface area contributed by atoms with Crippen LogP contribution in [0.4, 0.5) is 5.95 Å². The van der Waals surface area contributed by atoms with Gasteiger partial charge >= 0.3 is 5.97 Å². The first-order valence-electron chi connectivity index (χ1n) is 19.4. The molecular formula is C40H68N6O4. The summed E-state index contributed by atoms with van der Waals surface area (Å²) in [7, 11) is 4.28. The van der Waals surface area contributed by atoms with Gasteiger partial charge in [0, 0.05) is 16.4 Å². The van der Waals surface area contributed by atoms with E-state index in [1.165, 1.54) is 5.57 Å². The van der Waals surface area contributed by atoms with E-state index in [1.54, 1.807) is 4.80 Å². The van der Waals surface area contributed by atoms with Gasteiger partial charge in [-0.1, -0.05) is 86.0 Å². The zero-order chi connectivity index (χ0) is 37.0. The Kier molecular flexibility index (Phi) is 9.04. The van der Waals surface area contributed by atoms with Crippen LogP contribution < -0.4 is 5.73 Å². The number of hydrogen-bond donors (Lipinski definition) is 2. The highest BCUT2D eigenvalue weighted by Gasteiger charge is 2.72. The molecule has 2 bridgehead atoms. The number of ether oxygens (including phenoxy) is 2. The van der Waals surface area contributed by atoms with Crippen molar-refractivity contribution >= 4 is 11.9 Å². The summed E-state index contributed by atoms with van der Waals surface area (Å²) in [6.45, 7) is 27.2. The van der Waals surface area contributed by atoms with Gasteiger partial charge in [0.2, 0.25) is 0 Å². The molecule has 10 heteroatoms. The van der Waals surface area contributed by atoms with Crippen LogP contribution >= 0.6 is 0 Å². The van der Waals surface area contributed by atoms with Gasteiger partial charge < -0.3 is 25.2 Å². The summed E-state index contributed by atoms with van der Waals surface area (Å²) in [6.07, 6.45) is 7.93. The second-order valence-electron chi connectivity index (χ2n) is 20.2. The first-order valence-corrected chi connectivity index (χ1v) is 19.4. The van der Waals surface area contributed by atoms with Gasteiger partial charge in [-0.3, -0.25) is 4.79 Å². The van der Waals surface area contributed by atoms with Crippen molar-refractivity contribution in [2.24, 2.45) is 62.1 Å². The van der Waals surface area contributed by atoms with Crippen LogP contribution in [0.3, 0.4) is 0 Å². The second-order valence-corrected chi connectivity index (χ2v) is 20.2. The SMILES string of the molecule is CC(C)[C@@H](C)[C@@]1(C)CC[C@]2(C)[C@H]3CC[C@H]4C5(C)COC[C@@]4(C[C@@H](n4nnc(N)n4)[C@@H]5OC[C@@](C)(N(C)C)C(C)(C)C)C3=CC[C@@]2(C)[C@@H]1C(=O)O. The maximum Gasteiger partial charge on any atom is 0.307 e. The van der Waals surface area contributed by atoms with Crippen molar-refractivity contribution in [3.63, 3.8) is 0 Å². The Balaban J connectivity index is 1.44. The molecule has 50 heavy (non-hydrogen) atoms. The third kappa shape index (κ3) is 5.03. The van der Waals surface area contributed by atoms with Crippen molar-refractivity contribution in [2.45, 2.75) is 132 Å². The summed E-state index contributed by atoms with van der Waals surface area (Å²) in [5.74, 6) is 0.496. The van der Waals surface area contributed by atoms with E-state index < -0.39 is 11.9 Å². The molecule has 0 aromatic carbocycles. The first kappa shape index (κ1) is 37.7. The summed E-state index contributed by atoms with van der Waals surface area (Å²) >= 11 is 0. The van der Waals surface area contributed by atoms with Crippen LogP contribution in [0, 0.1) is 62.1 Å². The van der Waals surface area contributed by atoms with Crippen LogP contribution in [0.25, 0.3) is 0 Å². The van der Waals surface area contributed by atoms with Crippen molar-refractivity contribution in [3.8, 4) is 0 Å². The van der Waals surface area contributed by atoms with Crippen molar-refractivity contribution in [1.82, 2.24) is 25.1 Å². The van der Waals surface area contributed by atoms with E-state index in [4.69, 9.17) is 15.2 Å². The number of aromatic nitrogens is 4. The van der Waals surface area contributed by atoms with Crippen LogP contribution in [0.2, 0.25) is 0 Å². The third-order valence-corrected chi connectivity index (χ3v) is 17.0. The predicted octanol–water partition coefficient (Wildman–Crippen LogP) is 7.14. The Labute approximate surface area is 301 Å². The topological polar surface area (TPSA) is 129 Å². The highest BCUT2D eigenvalue weighted by Crippen LogP contribution is 2.75. The fourth-order valence-corrected chi connectivity index (χ4v) is 12.8. The van der Waals surface area contributed by atoms with E-state index in [0.29, 0.717) is 37.6 Å². The van der Waals surface area contributed by atoms with Crippen LogP contribution in [-0.4, -0.2) is 81.7 Å². The highest BCUT2D eigenvalue weighted by molar-refractivity contribution is 5.73. The molecule has 282 valence electrons. The van der Waals surface area contributed by atoms with Gasteiger partial charge in [-0.05, 0) is 110 Å². The summed E-state index contributed by atoms with van der Waals surface area (Å²) in [5.41, 5.74) is 6.05. The second kappa shape index (κ2) is 12.0. The number of fused-ring (bicyclic) bond motifs is 3. The summed E-state index contributed by atoms with van der Waals surface area (Å²) in [4.78, 5) is 17.5. The Morgan fingerprint density at radius 1 is 1.10 bits per heavy atom. The molecule has 3 saturated carbocycles. The van der Waals surface area contributed by atoms with Gasteiger partial charge in [0.15, 0.2) is 0 Å². The number of likely N-dealkylation sites (N-methyl/N-ethyl adjacent to an activating group) is 1. The normalized spacial score (nSPS) is 43.3. The molecule has 1 unspecified atom stereocenters. The molecule has 6 rings (SSSR count). The molecule has 0 spiro atoms. The lowest BCUT2D eigenvalue weighted by Gasteiger charge is -2.71. The van der Waals surface area contributed by atoms with Gasteiger partial charge in [-0.25, -0.2) is 0 Å². The van der Waals surface area contributed by atoms with Crippen LogP contribution in [0.1, 0.15) is 121 Å². The molecule has 1 saturated heterocycles. The first-order chi connectivity index (χ1) is 23.0. The molecule has 0 amide bonds. The number of anilines is 1. The lowest BCUT2D eigenvalue weighted by Crippen LogP contribution is -2.69. The van der Waals surface area contributed by atoms with Crippen LogP contribution in [0.15, 0.2) is 11.6 Å². The van der Waals surface area contributed by atoms with Gasteiger partial charge in [0.1, 0.15) is 6.04 Å². The van der Waals surface area contributed by atoms with Crippen molar-refractivity contribution in [1.29, 1.82) is 0 Å². The third-order valence-electron chi connectivity index (χ3n) is 17.0. The number of aliphatic carboxylic acids is 1. The molecule has 0 radical (unpaired) electrons. The number of nitrogens with zero attached hydrogens (tertiary/aromatic N) is 5. The molecular weight excluding hydrogens is 628 g/mol. The summed E-state index contributed by atoms with van der Waals surface area (Å²) < 4.78 is 14.0. The number of nitrogens with two attached hydrogens (primary N) is 1. The predicted molar refractivity (Wildman–Crippen MR) is 196 cm³/mol. The summed E-state index contributed by atoms with van der Waals surface area (Å²) in [5, 5.41) is 24.4. The van der Waals surface area contributed by atoms with Crippen LogP contribution in [0.5, 0.6) is 0 Å². The molecule has 4 aliphatic carbocycles. The van der Waals surface area contributed by atoms with E-state index in [0.717, 1.165) is 38.5 Å². The molecule has 3 N–H and O–H groups in total. The van der Waals surface area contributed by atoms with Crippen LogP contribution in [-0.2, 0) is 14.3 Å². The summed E-state index contributed by atoms with van der Waals surface area (Å²) in [6, 6.07) is -0.176. The Bertz CT molecular complexity index is 1500. The Morgan fingerprint density at radius 3 is 2.34 bits per heavy atom. The van der Waals surface area contributed by atoms with Gasteiger partial charge in [-0.2, -0.15) is 4.80 Å². The molecule has 2 heterocycles. The monoisotopic (exact) mass is 697 g/mol. The minimum atomic E-state index is -0.627. The van der Waals surface area contributed by atoms with Crippen molar-refractivity contribution in [3.05, 3.63) is 11.6 Å². The number of rotatable bonds is 8. The highest BCUT2D eigenvalue weighted by atomic mass is 16.5. The fraction of sp³-hybridized carbons (Fsp3) is 0.900. The quantitative estimate of drug-likeness (QED) is 0.273. The minimum Gasteiger partial charge on any atom is -0.481 e. The zero-order valence-electron chi connectivity index (χ0n) is 33.5. The number of nitrogen functional groups attached to an aromatic ring is 1. The van der Waals surface area contributed by atoms with Gasteiger partial charge in [0.05, 0.1) is 31.8 Å². The average Bonchev–Trinajstić information content (AvgIpc) is 3.45. The number of tetrazole rings is 1. The number of carboxylic acid groups (broad SMARTS) is 1. The maximum absolute atomic E-state index is 13.5. The zero-order valence-corrected chi connectivity index (χ0v) is 33.5. The molecule has 4 fully saturated rings. The van der Waals surface area contributed by atoms with Crippen molar-refractivity contribution in [2.75, 3.05) is 39.6 Å². The fourth-order valence-electron chi connectivity index (χ4n) is 12.8. The largest absolute Gasteiger partial charge is 0.481 e.